The largest absolute Gasteiger partial charge is 0.490 e. The van der Waals surface area contributed by atoms with Gasteiger partial charge in [-0.2, -0.15) is 4.98 Å². The molecule has 1 aliphatic carbocycles. The van der Waals surface area contributed by atoms with Crippen molar-refractivity contribution in [3.05, 3.63) is 69.1 Å². The number of carbonyl (C=O) groups is 1. The highest BCUT2D eigenvalue weighted by molar-refractivity contribution is 9.10. The summed E-state index contributed by atoms with van der Waals surface area (Å²) in [5.74, 6) is 1.36. The van der Waals surface area contributed by atoms with E-state index in [1.165, 1.54) is 17.8 Å². The van der Waals surface area contributed by atoms with Crippen LogP contribution in [0, 0.1) is 5.82 Å². The number of ether oxygens (including phenoxy) is 3. The maximum atomic E-state index is 14.3. The van der Waals surface area contributed by atoms with E-state index in [9.17, 15) is 9.18 Å². The molecule has 1 atom stereocenters. The number of anilines is 1. The Bertz CT molecular complexity index is 1440. The van der Waals surface area contributed by atoms with Gasteiger partial charge in [0.2, 0.25) is 11.1 Å². The van der Waals surface area contributed by atoms with Crippen LogP contribution >= 0.6 is 27.7 Å². The number of aromatic nitrogens is 3. The summed E-state index contributed by atoms with van der Waals surface area (Å²) in [4.78, 5) is 18.5. The lowest BCUT2D eigenvalue weighted by Crippen LogP contribution is -2.32. The van der Waals surface area contributed by atoms with Crippen LogP contribution in [-0.4, -0.2) is 40.1 Å². The molecule has 2 aliphatic rings. The first-order valence-corrected chi connectivity index (χ1v) is 15.8. The van der Waals surface area contributed by atoms with Gasteiger partial charge >= 0.3 is 5.97 Å². The van der Waals surface area contributed by atoms with E-state index in [4.69, 9.17) is 19.3 Å². The van der Waals surface area contributed by atoms with Crippen LogP contribution in [0.3, 0.4) is 0 Å². The van der Waals surface area contributed by atoms with Gasteiger partial charge in [0.1, 0.15) is 18.0 Å². The molecule has 11 heteroatoms. The number of esters is 1. The molecular formula is C30H34BrFN4O4S. The summed E-state index contributed by atoms with van der Waals surface area (Å²) >= 11 is 4.98. The van der Waals surface area contributed by atoms with E-state index < -0.39 is 6.04 Å². The number of carbonyl (C=O) groups excluding carboxylic acids is 1. The molecule has 0 spiro atoms. The first kappa shape index (κ1) is 29.4. The lowest BCUT2D eigenvalue weighted by atomic mass is 9.94. The Hall–Kier alpha value is -3.05. The van der Waals surface area contributed by atoms with Crippen LogP contribution in [0.1, 0.15) is 70.0 Å². The smallest absolute Gasteiger partial charge is 0.338 e. The molecule has 0 radical (unpaired) electrons. The molecule has 1 fully saturated rings. The normalized spacial score (nSPS) is 17.1. The van der Waals surface area contributed by atoms with Gasteiger partial charge in [-0.15, -0.1) is 5.10 Å². The Balaban J connectivity index is 1.54. The summed E-state index contributed by atoms with van der Waals surface area (Å²) < 4.78 is 34.5. The van der Waals surface area contributed by atoms with Gasteiger partial charge < -0.3 is 19.5 Å². The second kappa shape index (κ2) is 13.3. The summed E-state index contributed by atoms with van der Waals surface area (Å²) in [6, 6.07) is 9.83. The van der Waals surface area contributed by atoms with Crippen LogP contribution < -0.4 is 14.8 Å². The minimum absolute atomic E-state index is 0.104. The Morgan fingerprint density at radius 1 is 1.15 bits per heavy atom. The Labute approximate surface area is 252 Å². The highest BCUT2D eigenvalue weighted by atomic mass is 79.9. The van der Waals surface area contributed by atoms with Crippen molar-refractivity contribution in [2.45, 2.75) is 75.9 Å². The monoisotopic (exact) mass is 644 g/mol. The fourth-order valence-corrected chi connectivity index (χ4v) is 6.60. The van der Waals surface area contributed by atoms with E-state index >= 15 is 0 Å². The zero-order valence-corrected chi connectivity index (χ0v) is 25.8. The molecule has 1 aromatic heterocycles. The molecule has 0 saturated heterocycles. The molecule has 1 unspecified atom stereocenters. The van der Waals surface area contributed by atoms with Gasteiger partial charge in [0, 0.05) is 11.4 Å². The van der Waals surface area contributed by atoms with Gasteiger partial charge in [-0.3, -0.25) is 0 Å². The molecule has 0 amide bonds. The molecule has 0 bridgehead atoms. The van der Waals surface area contributed by atoms with E-state index in [2.05, 4.69) is 26.2 Å². The van der Waals surface area contributed by atoms with E-state index in [0.717, 1.165) is 37.7 Å². The van der Waals surface area contributed by atoms with Crippen LogP contribution in [0.4, 0.5) is 10.3 Å². The lowest BCUT2D eigenvalue weighted by Gasteiger charge is -2.30. The van der Waals surface area contributed by atoms with Crippen molar-refractivity contribution in [3.63, 3.8) is 0 Å². The maximum absolute atomic E-state index is 14.3. The Morgan fingerprint density at radius 2 is 1.90 bits per heavy atom. The number of allylic oxidation sites excluding steroid dienone is 1. The molecule has 41 heavy (non-hydrogen) atoms. The van der Waals surface area contributed by atoms with Crippen molar-refractivity contribution in [3.8, 4) is 11.5 Å². The number of benzene rings is 2. The van der Waals surface area contributed by atoms with Crippen molar-refractivity contribution in [2.24, 2.45) is 0 Å². The average Bonchev–Trinajstić information content (AvgIpc) is 3.36. The fraction of sp³-hybridized carbons (Fsp3) is 0.433. The molecule has 5 rings (SSSR count). The lowest BCUT2D eigenvalue weighted by molar-refractivity contribution is -0.146. The third-order valence-electron chi connectivity index (χ3n) is 7.13. The molecule has 1 N–H and O–H groups in total. The molecule has 1 saturated carbocycles. The van der Waals surface area contributed by atoms with E-state index in [-0.39, 0.29) is 17.9 Å². The van der Waals surface area contributed by atoms with Crippen LogP contribution in [0.15, 0.2) is 57.3 Å². The van der Waals surface area contributed by atoms with Crippen molar-refractivity contribution in [1.29, 1.82) is 0 Å². The highest BCUT2D eigenvalue weighted by Gasteiger charge is 2.37. The molecule has 2 aromatic carbocycles. The van der Waals surface area contributed by atoms with Crippen molar-refractivity contribution >= 4 is 39.6 Å². The zero-order valence-electron chi connectivity index (χ0n) is 23.4. The van der Waals surface area contributed by atoms with E-state index in [1.807, 2.05) is 32.9 Å². The van der Waals surface area contributed by atoms with Crippen LogP contribution in [-0.2, 0) is 15.3 Å². The third-order valence-corrected chi connectivity index (χ3v) is 8.61. The molecule has 1 aliphatic heterocycles. The number of rotatable bonds is 10. The first-order chi connectivity index (χ1) is 19.9. The summed E-state index contributed by atoms with van der Waals surface area (Å²) in [6.45, 7) is 6.59. The molecular weight excluding hydrogens is 611 g/mol. The maximum Gasteiger partial charge on any atom is 0.338 e. The van der Waals surface area contributed by atoms with E-state index in [0.29, 0.717) is 62.9 Å². The standard InChI is InChI=1S/C30H34BrFN4O4S/c1-4-38-24-16-20(15-22(31)27(24)39-5-2)26-25(28(37)40-21-12-7-6-8-13-21)18(3)33-29-34-30(35-36(26)29)41-17-19-11-9-10-14-23(19)32/h9-11,14-16,21,26H,4-8,12-13,17H2,1-3H3,(H,33,34,35). The summed E-state index contributed by atoms with van der Waals surface area (Å²) in [5.41, 5.74) is 2.43. The minimum Gasteiger partial charge on any atom is -0.490 e. The SMILES string of the molecule is CCOc1cc(C2C(C(=O)OC3CCCCC3)=C(C)Nc3nc(SCc4ccccc4F)nn32)cc(Br)c1OCC. The predicted molar refractivity (Wildman–Crippen MR) is 160 cm³/mol. The van der Waals surface area contributed by atoms with Gasteiger partial charge in [-0.1, -0.05) is 36.4 Å². The molecule has 2 heterocycles. The van der Waals surface area contributed by atoms with E-state index in [1.54, 1.807) is 22.9 Å². The Kier molecular flexibility index (Phi) is 9.54. The summed E-state index contributed by atoms with van der Waals surface area (Å²) in [7, 11) is 0. The zero-order chi connectivity index (χ0) is 28.9. The van der Waals surface area contributed by atoms with Crippen molar-refractivity contribution < 1.29 is 23.4 Å². The number of halogens is 2. The first-order valence-electron chi connectivity index (χ1n) is 14.0. The average molecular weight is 646 g/mol. The number of hydrogen-bond acceptors (Lipinski definition) is 8. The topological polar surface area (TPSA) is 87.5 Å². The van der Waals surface area contributed by atoms with Gasteiger partial charge in [0.05, 0.1) is 23.3 Å². The fourth-order valence-electron chi connectivity index (χ4n) is 5.21. The second-order valence-corrected chi connectivity index (χ2v) is 11.8. The quantitative estimate of drug-likeness (QED) is 0.180. The number of nitrogens with one attached hydrogen (secondary N) is 1. The van der Waals surface area contributed by atoms with Gasteiger partial charge in [0.15, 0.2) is 11.5 Å². The van der Waals surface area contributed by atoms with Gasteiger partial charge in [0.25, 0.3) is 0 Å². The van der Waals surface area contributed by atoms with Crippen LogP contribution in [0.25, 0.3) is 0 Å². The number of thioether (sulfide) groups is 1. The van der Waals surface area contributed by atoms with Crippen molar-refractivity contribution in [2.75, 3.05) is 18.5 Å². The highest BCUT2D eigenvalue weighted by Crippen LogP contribution is 2.44. The minimum atomic E-state index is -0.635. The molecule has 218 valence electrons. The summed E-state index contributed by atoms with van der Waals surface area (Å²) in [6.07, 6.45) is 4.90. The second-order valence-electron chi connectivity index (χ2n) is 9.97. The summed E-state index contributed by atoms with van der Waals surface area (Å²) in [5, 5.41) is 8.51. The van der Waals surface area contributed by atoms with Crippen LogP contribution in [0.2, 0.25) is 0 Å². The van der Waals surface area contributed by atoms with Gasteiger partial charge in [-0.25, -0.2) is 13.9 Å². The third kappa shape index (κ3) is 6.56. The van der Waals surface area contributed by atoms with Gasteiger partial charge in [-0.05, 0) is 91.7 Å². The Morgan fingerprint density at radius 3 is 2.63 bits per heavy atom. The molecule has 8 nitrogen and oxygen atoms in total. The predicted octanol–water partition coefficient (Wildman–Crippen LogP) is 7.43. The van der Waals surface area contributed by atoms with Crippen molar-refractivity contribution in [1.82, 2.24) is 14.8 Å². The number of hydrogen-bond donors (Lipinski definition) is 1. The molecule has 3 aromatic rings. The number of fused-ring (bicyclic) bond motifs is 1. The number of nitrogens with zero attached hydrogens (tertiary/aromatic N) is 3. The van der Waals surface area contributed by atoms with Crippen LogP contribution in [0.5, 0.6) is 11.5 Å².